The van der Waals surface area contributed by atoms with E-state index in [1.807, 2.05) is 0 Å². The number of aromatic hydroxyl groups is 2. The molecule has 0 aliphatic heterocycles. The monoisotopic (exact) mass is 427 g/mol. The van der Waals surface area contributed by atoms with Gasteiger partial charge in [0.05, 0.1) is 29.9 Å². The Morgan fingerprint density at radius 1 is 1.06 bits per heavy atom. The maximum Gasteiger partial charge on any atom is 0.201 e. The number of ketones is 2. The number of benzene rings is 2. The van der Waals surface area contributed by atoms with Gasteiger partial charge in [0.25, 0.3) is 0 Å². The van der Waals surface area contributed by atoms with Crippen LogP contribution in [-0.2, 0) is 11.3 Å². The van der Waals surface area contributed by atoms with E-state index in [9.17, 15) is 30.0 Å². The molecule has 3 rings (SSSR count). The van der Waals surface area contributed by atoms with Gasteiger partial charge in [0.2, 0.25) is 5.78 Å². The van der Waals surface area contributed by atoms with Crippen LogP contribution in [-0.4, -0.2) is 50.4 Å². The molecule has 1 aliphatic carbocycles. The molecule has 0 spiro atoms. The first-order chi connectivity index (χ1) is 14.8. The zero-order chi connectivity index (χ0) is 22.7. The molecule has 0 radical (unpaired) electrons. The summed E-state index contributed by atoms with van der Waals surface area (Å²) in [5.74, 6) is -2.00. The molecule has 10 nitrogen and oxygen atoms in total. The van der Waals surface area contributed by atoms with Crippen molar-refractivity contribution >= 4 is 11.6 Å². The third-order valence-electron chi connectivity index (χ3n) is 5.11. The molecule has 162 valence electrons. The minimum Gasteiger partial charge on any atom is -0.507 e. The van der Waals surface area contributed by atoms with Crippen LogP contribution in [0.1, 0.15) is 57.2 Å². The lowest BCUT2D eigenvalue weighted by Crippen LogP contribution is -2.29. The van der Waals surface area contributed by atoms with Crippen molar-refractivity contribution in [1.82, 2.24) is 0 Å². The van der Waals surface area contributed by atoms with Crippen molar-refractivity contribution in [3.05, 3.63) is 68.6 Å². The van der Waals surface area contributed by atoms with Gasteiger partial charge in [-0.3, -0.25) is 9.59 Å². The molecule has 2 aromatic carbocycles. The highest BCUT2D eigenvalue weighted by Gasteiger charge is 2.34. The number of ether oxygens (including phenoxy) is 1. The van der Waals surface area contributed by atoms with Crippen molar-refractivity contribution in [2.45, 2.75) is 44.8 Å². The second-order valence-electron chi connectivity index (χ2n) is 7.14. The van der Waals surface area contributed by atoms with Gasteiger partial charge in [0.15, 0.2) is 12.1 Å². The normalized spacial score (nSPS) is 15.5. The third-order valence-corrected chi connectivity index (χ3v) is 5.11. The predicted molar refractivity (Wildman–Crippen MR) is 108 cm³/mol. The number of aliphatic hydroxyl groups is 2. The molecule has 0 aromatic heterocycles. The summed E-state index contributed by atoms with van der Waals surface area (Å²) in [7, 11) is 0. The summed E-state index contributed by atoms with van der Waals surface area (Å²) < 4.78 is 5.31. The number of rotatable bonds is 8. The molecule has 10 heteroatoms. The average molecular weight is 427 g/mol. The minimum absolute atomic E-state index is 0.0285. The SMILES string of the molecule is CC[C@H](O)[C@H](C[C@@H](O)OCc1cc(O)c2c(c1)C(=O)c1cccc(O)c1C2=O)N=[N+]=[N-]. The number of hydrogen-bond acceptors (Lipinski definition) is 8. The zero-order valence-corrected chi connectivity index (χ0v) is 16.6. The molecular formula is C21H21N3O7. The fourth-order valence-corrected chi connectivity index (χ4v) is 3.51. The van der Waals surface area contributed by atoms with Gasteiger partial charge in [-0.25, -0.2) is 0 Å². The van der Waals surface area contributed by atoms with Crippen molar-refractivity contribution in [2.75, 3.05) is 0 Å². The Hall–Kier alpha value is -3.43. The van der Waals surface area contributed by atoms with Crippen LogP contribution < -0.4 is 0 Å². The van der Waals surface area contributed by atoms with Crippen molar-refractivity contribution in [1.29, 1.82) is 0 Å². The van der Waals surface area contributed by atoms with Gasteiger partial charge in [-0.05, 0) is 35.7 Å². The number of phenolic OH excluding ortho intramolecular Hbond substituents is 2. The van der Waals surface area contributed by atoms with E-state index in [-0.39, 0.29) is 41.0 Å². The van der Waals surface area contributed by atoms with E-state index >= 15 is 0 Å². The van der Waals surface area contributed by atoms with Gasteiger partial charge < -0.3 is 25.2 Å². The summed E-state index contributed by atoms with van der Waals surface area (Å²) >= 11 is 0. The Bertz CT molecular complexity index is 1080. The molecule has 31 heavy (non-hydrogen) atoms. The van der Waals surface area contributed by atoms with Crippen LogP contribution >= 0.6 is 0 Å². The number of aliphatic hydroxyl groups excluding tert-OH is 2. The maximum atomic E-state index is 12.8. The number of fused-ring (bicyclic) bond motifs is 2. The van der Waals surface area contributed by atoms with E-state index in [0.717, 1.165) is 0 Å². The molecule has 0 saturated carbocycles. The molecule has 0 bridgehead atoms. The largest absolute Gasteiger partial charge is 0.507 e. The van der Waals surface area contributed by atoms with Gasteiger partial charge in [-0.1, -0.05) is 24.2 Å². The standard InChI is InChI=1S/C21H21N3O7/c1-2-14(25)13(23-24-22)8-17(28)31-9-10-6-12-19(16(27)7-10)21(30)18-11(20(12)29)4-3-5-15(18)26/h3-7,13-14,17,25-28H,2,8-9H2,1H3/t13-,14-,17-/m0/s1. The van der Waals surface area contributed by atoms with Gasteiger partial charge in [0.1, 0.15) is 11.5 Å². The summed E-state index contributed by atoms with van der Waals surface area (Å²) in [5.41, 5.74) is 8.54. The number of nitrogens with zero attached hydrogens (tertiary/aromatic N) is 3. The van der Waals surface area contributed by atoms with Crippen molar-refractivity contribution < 1.29 is 34.8 Å². The van der Waals surface area contributed by atoms with E-state index in [1.165, 1.54) is 30.3 Å². The number of carbonyl (C=O) groups is 2. The van der Waals surface area contributed by atoms with Crippen molar-refractivity contribution in [3.63, 3.8) is 0 Å². The molecule has 3 atom stereocenters. The lowest BCUT2D eigenvalue weighted by Gasteiger charge is -2.22. The Balaban J connectivity index is 1.81. The van der Waals surface area contributed by atoms with E-state index in [2.05, 4.69) is 10.0 Å². The van der Waals surface area contributed by atoms with Crippen LogP contribution in [0, 0.1) is 0 Å². The second-order valence-corrected chi connectivity index (χ2v) is 7.14. The van der Waals surface area contributed by atoms with E-state index < -0.39 is 35.8 Å². The molecular weight excluding hydrogens is 406 g/mol. The quantitative estimate of drug-likeness (QED) is 0.185. The summed E-state index contributed by atoms with van der Waals surface area (Å²) in [6.07, 6.45) is -2.16. The number of carbonyl (C=O) groups excluding carboxylic acids is 2. The average Bonchev–Trinajstić information content (AvgIpc) is 2.74. The second kappa shape index (κ2) is 9.15. The van der Waals surface area contributed by atoms with Crippen LogP contribution in [0.3, 0.4) is 0 Å². The van der Waals surface area contributed by atoms with E-state index in [4.69, 9.17) is 10.3 Å². The Morgan fingerprint density at radius 3 is 2.45 bits per heavy atom. The fourth-order valence-electron chi connectivity index (χ4n) is 3.51. The van der Waals surface area contributed by atoms with Gasteiger partial charge in [-0.15, -0.1) is 0 Å². The Labute approximate surface area is 177 Å². The first-order valence-corrected chi connectivity index (χ1v) is 9.57. The van der Waals surface area contributed by atoms with Crippen LogP contribution in [0.25, 0.3) is 10.4 Å². The lowest BCUT2D eigenvalue weighted by molar-refractivity contribution is -0.119. The zero-order valence-electron chi connectivity index (χ0n) is 16.6. The van der Waals surface area contributed by atoms with Gasteiger partial charge >= 0.3 is 0 Å². The summed E-state index contributed by atoms with van der Waals surface area (Å²) in [6.45, 7) is 1.48. The molecule has 0 heterocycles. The molecule has 4 N–H and O–H groups in total. The molecule has 0 unspecified atom stereocenters. The first-order valence-electron chi connectivity index (χ1n) is 9.57. The molecule has 1 aliphatic rings. The summed E-state index contributed by atoms with van der Waals surface area (Å²) in [4.78, 5) is 28.2. The molecule has 0 amide bonds. The van der Waals surface area contributed by atoms with Crippen LogP contribution in [0.5, 0.6) is 11.5 Å². The van der Waals surface area contributed by atoms with Gasteiger partial charge in [0, 0.05) is 22.5 Å². The first kappa shape index (κ1) is 22.3. The Kier molecular flexibility index (Phi) is 6.57. The number of azide groups is 1. The maximum absolute atomic E-state index is 12.8. The van der Waals surface area contributed by atoms with E-state index in [1.54, 1.807) is 6.92 Å². The van der Waals surface area contributed by atoms with Crippen LogP contribution in [0.2, 0.25) is 0 Å². The van der Waals surface area contributed by atoms with E-state index in [0.29, 0.717) is 12.0 Å². The Morgan fingerprint density at radius 2 is 1.77 bits per heavy atom. The highest BCUT2D eigenvalue weighted by Crippen LogP contribution is 2.37. The summed E-state index contributed by atoms with van der Waals surface area (Å²) in [5, 5.41) is 43.7. The number of hydrogen-bond donors (Lipinski definition) is 4. The number of phenols is 2. The minimum atomic E-state index is -1.38. The third kappa shape index (κ3) is 4.37. The predicted octanol–water partition coefficient (Wildman–Crippen LogP) is 2.55. The lowest BCUT2D eigenvalue weighted by atomic mass is 9.82. The molecule has 0 saturated heterocycles. The highest BCUT2D eigenvalue weighted by molar-refractivity contribution is 6.30. The van der Waals surface area contributed by atoms with Crippen LogP contribution in [0.15, 0.2) is 35.4 Å². The van der Waals surface area contributed by atoms with Crippen LogP contribution in [0.4, 0.5) is 0 Å². The van der Waals surface area contributed by atoms with Crippen molar-refractivity contribution in [3.8, 4) is 11.5 Å². The highest BCUT2D eigenvalue weighted by atomic mass is 16.6. The molecule has 0 fully saturated rings. The smallest absolute Gasteiger partial charge is 0.201 e. The van der Waals surface area contributed by atoms with Crippen molar-refractivity contribution in [2.24, 2.45) is 5.11 Å². The molecule has 2 aromatic rings. The summed E-state index contributed by atoms with van der Waals surface area (Å²) in [6, 6.07) is 5.86. The fraction of sp³-hybridized carbons (Fsp3) is 0.333. The topological polar surface area (TPSA) is 173 Å². The van der Waals surface area contributed by atoms with Gasteiger partial charge in [-0.2, -0.15) is 0 Å².